The van der Waals surface area contributed by atoms with E-state index in [4.69, 9.17) is 0 Å². The van der Waals surface area contributed by atoms with Crippen molar-refractivity contribution in [3.8, 4) is 11.1 Å². The van der Waals surface area contributed by atoms with Gasteiger partial charge in [0.1, 0.15) is 0 Å². The van der Waals surface area contributed by atoms with Gasteiger partial charge < -0.3 is 4.57 Å². The Bertz CT molecular complexity index is 845. The van der Waals surface area contributed by atoms with E-state index in [0.717, 1.165) is 28.7 Å². The number of benzene rings is 2. The maximum atomic E-state index is 12.8. The molecule has 2 nitrogen and oxygen atoms in total. The summed E-state index contributed by atoms with van der Waals surface area (Å²) in [6, 6.07) is 20.5. The van der Waals surface area contributed by atoms with Crippen LogP contribution in [-0.4, -0.2) is 4.57 Å². The number of hydrogen-bond donors (Lipinski definition) is 0. The lowest BCUT2D eigenvalue weighted by atomic mass is 9.99. The van der Waals surface area contributed by atoms with Crippen molar-refractivity contribution in [3.05, 3.63) is 93.9 Å². The molecule has 116 valence electrons. The van der Waals surface area contributed by atoms with Gasteiger partial charge >= 0.3 is 0 Å². The molecule has 0 radical (unpaired) electrons. The summed E-state index contributed by atoms with van der Waals surface area (Å²) in [7, 11) is 0. The molecule has 0 spiro atoms. The first kappa shape index (κ1) is 15.3. The lowest BCUT2D eigenvalue weighted by molar-refractivity contribution is 0.747. The van der Waals surface area contributed by atoms with Crippen LogP contribution >= 0.6 is 0 Å². The highest BCUT2D eigenvalue weighted by molar-refractivity contribution is 5.67. The number of aromatic nitrogens is 1. The van der Waals surface area contributed by atoms with Gasteiger partial charge in [-0.2, -0.15) is 0 Å². The zero-order chi connectivity index (χ0) is 16.2. The van der Waals surface area contributed by atoms with Gasteiger partial charge in [-0.05, 0) is 36.1 Å². The molecule has 0 amide bonds. The Morgan fingerprint density at radius 2 is 1.61 bits per heavy atom. The third-order valence-corrected chi connectivity index (χ3v) is 4.18. The predicted molar refractivity (Wildman–Crippen MR) is 95.8 cm³/mol. The molecular formula is C21H21NO. The first-order chi connectivity index (χ1) is 11.2. The van der Waals surface area contributed by atoms with Crippen LogP contribution in [0.15, 0.2) is 71.7 Å². The molecule has 1 aromatic heterocycles. The maximum absolute atomic E-state index is 12.8. The molecule has 3 rings (SSSR count). The minimum atomic E-state index is 0.106. The summed E-state index contributed by atoms with van der Waals surface area (Å²) in [5, 5.41) is 0. The topological polar surface area (TPSA) is 22.0 Å². The molecule has 0 bridgehead atoms. The van der Waals surface area contributed by atoms with Gasteiger partial charge in [-0.3, -0.25) is 4.79 Å². The quantitative estimate of drug-likeness (QED) is 0.698. The van der Waals surface area contributed by atoms with Crippen LogP contribution in [0.2, 0.25) is 0 Å². The predicted octanol–water partition coefficient (Wildman–Crippen LogP) is 4.43. The Morgan fingerprint density at radius 1 is 0.913 bits per heavy atom. The average Bonchev–Trinajstić information content (AvgIpc) is 2.58. The second-order valence-corrected chi connectivity index (χ2v) is 5.85. The Balaban J connectivity index is 2.03. The molecule has 0 N–H and O–H groups in total. The normalized spacial score (nSPS) is 10.7. The summed E-state index contributed by atoms with van der Waals surface area (Å²) in [5.74, 6) is 0. The number of rotatable bonds is 4. The molecule has 1 heterocycles. The summed E-state index contributed by atoms with van der Waals surface area (Å²) < 4.78 is 1.80. The van der Waals surface area contributed by atoms with Gasteiger partial charge in [-0.1, -0.05) is 67.1 Å². The summed E-state index contributed by atoms with van der Waals surface area (Å²) >= 11 is 0. The Morgan fingerprint density at radius 3 is 2.26 bits per heavy atom. The van der Waals surface area contributed by atoms with Crippen LogP contribution in [-0.2, 0) is 13.0 Å². The fourth-order valence-corrected chi connectivity index (χ4v) is 2.87. The van der Waals surface area contributed by atoms with Crippen molar-refractivity contribution in [1.29, 1.82) is 0 Å². The summed E-state index contributed by atoms with van der Waals surface area (Å²) in [4.78, 5) is 12.8. The van der Waals surface area contributed by atoms with Crippen LogP contribution in [0.4, 0.5) is 0 Å². The van der Waals surface area contributed by atoms with E-state index in [2.05, 4.69) is 37.3 Å². The molecule has 0 fully saturated rings. The van der Waals surface area contributed by atoms with E-state index >= 15 is 0 Å². The monoisotopic (exact) mass is 303 g/mol. The summed E-state index contributed by atoms with van der Waals surface area (Å²) in [5.41, 5.74) is 5.50. The summed E-state index contributed by atoms with van der Waals surface area (Å²) in [6.45, 7) is 4.73. The molecule has 23 heavy (non-hydrogen) atoms. The highest BCUT2D eigenvalue weighted by Crippen LogP contribution is 2.22. The standard InChI is InChI=1S/C21H21NO/c1-3-19-20(18-11-9-16(2)10-12-18)13-14-22(21(19)23)15-17-7-5-4-6-8-17/h4-14H,3,15H2,1-2H3. The van der Waals surface area contributed by atoms with Gasteiger partial charge in [-0.25, -0.2) is 0 Å². The molecular weight excluding hydrogens is 282 g/mol. The van der Waals surface area contributed by atoms with Crippen LogP contribution in [0.3, 0.4) is 0 Å². The zero-order valence-electron chi connectivity index (χ0n) is 13.6. The second kappa shape index (κ2) is 6.66. The van der Waals surface area contributed by atoms with Crippen LogP contribution < -0.4 is 5.56 Å². The Labute approximate surface area is 137 Å². The van der Waals surface area contributed by atoms with Crippen LogP contribution in [0, 0.1) is 6.92 Å². The van der Waals surface area contributed by atoms with E-state index in [1.54, 1.807) is 4.57 Å². The fraction of sp³-hybridized carbons (Fsp3) is 0.190. The smallest absolute Gasteiger partial charge is 0.254 e. The number of nitrogens with zero attached hydrogens (tertiary/aromatic N) is 1. The third kappa shape index (κ3) is 3.26. The Hall–Kier alpha value is -2.61. The van der Waals surface area contributed by atoms with Crippen molar-refractivity contribution in [3.63, 3.8) is 0 Å². The SMILES string of the molecule is CCc1c(-c2ccc(C)cc2)ccn(Cc2ccccc2)c1=O. The van der Waals surface area contributed by atoms with Gasteiger partial charge in [0.25, 0.3) is 5.56 Å². The lowest BCUT2D eigenvalue weighted by Gasteiger charge is -2.12. The van der Waals surface area contributed by atoms with Gasteiger partial charge in [0, 0.05) is 11.8 Å². The van der Waals surface area contributed by atoms with Crippen molar-refractivity contribution in [1.82, 2.24) is 4.57 Å². The van der Waals surface area contributed by atoms with Gasteiger partial charge in [-0.15, -0.1) is 0 Å². The van der Waals surface area contributed by atoms with Crippen molar-refractivity contribution in [2.24, 2.45) is 0 Å². The van der Waals surface area contributed by atoms with Gasteiger partial charge in [0.2, 0.25) is 0 Å². The van der Waals surface area contributed by atoms with Gasteiger partial charge in [0.05, 0.1) is 6.54 Å². The van der Waals surface area contributed by atoms with Crippen LogP contribution in [0.1, 0.15) is 23.6 Å². The molecule has 0 aliphatic heterocycles. The third-order valence-electron chi connectivity index (χ3n) is 4.18. The van der Waals surface area contributed by atoms with Crippen molar-refractivity contribution in [2.45, 2.75) is 26.8 Å². The molecule has 0 saturated heterocycles. The molecule has 2 aromatic carbocycles. The van der Waals surface area contributed by atoms with Crippen molar-refractivity contribution >= 4 is 0 Å². The van der Waals surface area contributed by atoms with E-state index in [-0.39, 0.29) is 5.56 Å². The number of pyridine rings is 1. The van der Waals surface area contributed by atoms with E-state index in [9.17, 15) is 4.79 Å². The highest BCUT2D eigenvalue weighted by atomic mass is 16.1. The van der Waals surface area contributed by atoms with Gasteiger partial charge in [0.15, 0.2) is 0 Å². The minimum Gasteiger partial charge on any atom is -0.311 e. The maximum Gasteiger partial charge on any atom is 0.254 e. The first-order valence-electron chi connectivity index (χ1n) is 8.02. The average molecular weight is 303 g/mol. The van der Waals surface area contributed by atoms with E-state index in [1.165, 1.54) is 5.56 Å². The molecule has 0 aliphatic carbocycles. The second-order valence-electron chi connectivity index (χ2n) is 5.85. The largest absolute Gasteiger partial charge is 0.311 e. The van der Waals surface area contributed by atoms with Crippen LogP contribution in [0.5, 0.6) is 0 Å². The molecule has 0 unspecified atom stereocenters. The highest BCUT2D eigenvalue weighted by Gasteiger charge is 2.10. The molecule has 3 aromatic rings. The minimum absolute atomic E-state index is 0.106. The van der Waals surface area contributed by atoms with E-state index < -0.39 is 0 Å². The Kier molecular flexibility index (Phi) is 4.42. The van der Waals surface area contributed by atoms with E-state index in [1.807, 2.05) is 43.5 Å². The molecule has 0 saturated carbocycles. The van der Waals surface area contributed by atoms with Crippen molar-refractivity contribution < 1.29 is 0 Å². The molecule has 2 heteroatoms. The zero-order valence-corrected chi connectivity index (χ0v) is 13.6. The van der Waals surface area contributed by atoms with E-state index in [0.29, 0.717) is 6.54 Å². The fourth-order valence-electron chi connectivity index (χ4n) is 2.87. The lowest BCUT2D eigenvalue weighted by Crippen LogP contribution is -2.24. The molecule has 0 atom stereocenters. The summed E-state index contributed by atoms with van der Waals surface area (Å²) in [6.07, 6.45) is 2.64. The number of hydrogen-bond acceptors (Lipinski definition) is 1. The molecule has 0 aliphatic rings. The van der Waals surface area contributed by atoms with Crippen molar-refractivity contribution in [2.75, 3.05) is 0 Å². The van der Waals surface area contributed by atoms with Crippen LogP contribution in [0.25, 0.3) is 11.1 Å². The first-order valence-corrected chi connectivity index (χ1v) is 8.02. The number of aryl methyl sites for hydroxylation is 1.